The minimum Gasteiger partial charge on any atom is -0.310 e. The van der Waals surface area contributed by atoms with E-state index in [0.29, 0.717) is 23.7 Å². The number of H-pyrrole nitrogens is 1. The molecular weight excluding hydrogens is 248 g/mol. The lowest BCUT2D eigenvalue weighted by molar-refractivity contribution is 0.879. The molecule has 1 heterocycles. The number of nitrogens with one attached hydrogen (secondary N) is 1. The SMILES string of the molecule is CCc1c(C)nc(Cc2ccccc2Cl)[nH]c1=O. The van der Waals surface area contributed by atoms with Crippen LogP contribution in [0.2, 0.25) is 5.02 Å². The van der Waals surface area contributed by atoms with Crippen molar-refractivity contribution in [3.05, 3.63) is 62.3 Å². The van der Waals surface area contributed by atoms with Crippen molar-refractivity contribution in [1.82, 2.24) is 9.97 Å². The quantitative estimate of drug-likeness (QED) is 0.925. The van der Waals surface area contributed by atoms with Gasteiger partial charge in [-0.2, -0.15) is 0 Å². The van der Waals surface area contributed by atoms with E-state index in [0.717, 1.165) is 16.8 Å². The average molecular weight is 263 g/mol. The van der Waals surface area contributed by atoms with Crippen LogP contribution < -0.4 is 5.56 Å². The molecule has 1 aromatic heterocycles. The molecule has 0 aliphatic heterocycles. The van der Waals surface area contributed by atoms with Gasteiger partial charge in [-0.3, -0.25) is 4.79 Å². The molecule has 0 amide bonds. The molecule has 0 saturated heterocycles. The highest BCUT2D eigenvalue weighted by molar-refractivity contribution is 6.31. The fourth-order valence-electron chi connectivity index (χ4n) is 1.99. The maximum Gasteiger partial charge on any atom is 0.254 e. The first-order chi connectivity index (χ1) is 8.61. The van der Waals surface area contributed by atoms with Crippen LogP contribution in [0.4, 0.5) is 0 Å². The Balaban J connectivity index is 2.37. The molecule has 0 atom stereocenters. The Hall–Kier alpha value is -1.61. The summed E-state index contributed by atoms with van der Waals surface area (Å²) in [5.74, 6) is 0.655. The summed E-state index contributed by atoms with van der Waals surface area (Å²) >= 11 is 6.09. The molecule has 1 aromatic carbocycles. The summed E-state index contributed by atoms with van der Waals surface area (Å²) in [7, 11) is 0. The predicted octanol–water partition coefficient (Wildman–Crippen LogP) is 2.88. The van der Waals surface area contributed by atoms with Crippen LogP contribution in [0.5, 0.6) is 0 Å². The highest BCUT2D eigenvalue weighted by Crippen LogP contribution is 2.17. The zero-order valence-electron chi connectivity index (χ0n) is 10.5. The smallest absolute Gasteiger partial charge is 0.254 e. The molecule has 0 saturated carbocycles. The molecule has 0 spiro atoms. The second kappa shape index (κ2) is 5.36. The van der Waals surface area contributed by atoms with Gasteiger partial charge in [-0.15, -0.1) is 0 Å². The largest absolute Gasteiger partial charge is 0.310 e. The first kappa shape index (κ1) is 12.8. The number of halogens is 1. The van der Waals surface area contributed by atoms with Crippen molar-refractivity contribution in [2.75, 3.05) is 0 Å². The van der Waals surface area contributed by atoms with E-state index in [4.69, 9.17) is 11.6 Å². The average Bonchev–Trinajstić information content (AvgIpc) is 2.32. The summed E-state index contributed by atoms with van der Waals surface area (Å²) in [4.78, 5) is 19.1. The maximum absolute atomic E-state index is 11.8. The zero-order chi connectivity index (χ0) is 13.1. The molecular formula is C14H15ClN2O. The van der Waals surface area contributed by atoms with Crippen LogP contribution in [0.3, 0.4) is 0 Å². The second-order valence-corrected chi connectivity index (χ2v) is 4.61. The molecule has 0 unspecified atom stereocenters. The van der Waals surface area contributed by atoms with Crippen molar-refractivity contribution in [3.63, 3.8) is 0 Å². The summed E-state index contributed by atoms with van der Waals surface area (Å²) in [5.41, 5.74) is 2.46. The molecule has 0 aliphatic carbocycles. The van der Waals surface area contributed by atoms with Crippen molar-refractivity contribution in [2.45, 2.75) is 26.7 Å². The first-order valence-corrected chi connectivity index (χ1v) is 6.31. The molecule has 94 valence electrons. The van der Waals surface area contributed by atoms with Crippen molar-refractivity contribution in [1.29, 1.82) is 0 Å². The lowest BCUT2D eigenvalue weighted by Gasteiger charge is -2.06. The van der Waals surface area contributed by atoms with Crippen molar-refractivity contribution >= 4 is 11.6 Å². The van der Waals surface area contributed by atoms with Gasteiger partial charge in [-0.05, 0) is 25.0 Å². The van der Waals surface area contributed by atoms with Crippen LogP contribution in [0, 0.1) is 6.92 Å². The van der Waals surface area contributed by atoms with Crippen LogP contribution >= 0.6 is 11.6 Å². The van der Waals surface area contributed by atoms with Gasteiger partial charge in [-0.25, -0.2) is 4.98 Å². The van der Waals surface area contributed by atoms with Gasteiger partial charge in [-0.1, -0.05) is 36.7 Å². The third-order valence-electron chi connectivity index (χ3n) is 2.94. The first-order valence-electron chi connectivity index (χ1n) is 5.94. The van der Waals surface area contributed by atoms with Gasteiger partial charge < -0.3 is 4.98 Å². The molecule has 4 heteroatoms. The molecule has 2 rings (SSSR count). The predicted molar refractivity (Wildman–Crippen MR) is 73.2 cm³/mol. The van der Waals surface area contributed by atoms with E-state index >= 15 is 0 Å². The Bertz CT molecular complexity index is 619. The van der Waals surface area contributed by atoms with E-state index in [-0.39, 0.29) is 5.56 Å². The van der Waals surface area contributed by atoms with Crippen LogP contribution in [0.15, 0.2) is 29.1 Å². The van der Waals surface area contributed by atoms with Gasteiger partial charge in [0.15, 0.2) is 0 Å². The highest BCUT2D eigenvalue weighted by Gasteiger charge is 2.08. The molecule has 0 radical (unpaired) electrons. The Labute approximate surface area is 111 Å². The van der Waals surface area contributed by atoms with E-state index in [1.165, 1.54) is 0 Å². The zero-order valence-corrected chi connectivity index (χ0v) is 11.2. The number of aryl methyl sites for hydroxylation is 1. The molecule has 0 fully saturated rings. The third kappa shape index (κ3) is 2.62. The van der Waals surface area contributed by atoms with Crippen LogP contribution in [0.25, 0.3) is 0 Å². The van der Waals surface area contributed by atoms with Gasteiger partial charge >= 0.3 is 0 Å². The van der Waals surface area contributed by atoms with Gasteiger partial charge in [0.2, 0.25) is 0 Å². The Kier molecular flexibility index (Phi) is 3.82. The van der Waals surface area contributed by atoms with E-state index in [9.17, 15) is 4.79 Å². The highest BCUT2D eigenvalue weighted by atomic mass is 35.5. The number of benzene rings is 1. The van der Waals surface area contributed by atoms with Gasteiger partial charge in [0.1, 0.15) is 5.82 Å². The van der Waals surface area contributed by atoms with Crippen molar-refractivity contribution < 1.29 is 0 Å². The second-order valence-electron chi connectivity index (χ2n) is 4.20. The fourth-order valence-corrected chi connectivity index (χ4v) is 2.19. The van der Waals surface area contributed by atoms with E-state index in [1.807, 2.05) is 38.1 Å². The van der Waals surface area contributed by atoms with Crippen LogP contribution in [-0.2, 0) is 12.8 Å². The Morgan fingerprint density at radius 1 is 1.33 bits per heavy atom. The molecule has 1 N–H and O–H groups in total. The lowest BCUT2D eigenvalue weighted by atomic mass is 10.1. The van der Waals surface area contributed by atoms with Gasteiger partial charge in [0.25, 0.3) is 5.56 Å². The number of hydrogen-bond donors (Lipinski definition) is 1. The number of rotatable bonds is 3. The minimum atomic E-state index is -0.0490. The van der Waals surface area contributed by atoms with Crippen molar-refractivity contribution in [3.8, 4) is 0 Å². The summed E-state index contributed by atoms with van der Waals surface area (Å²) < 4.78 is 0. The lowest BCUT2D eigenvalue weighted by Crippen LogP contribution is -2.18. The number of aromatic amines is 1. The maximum atomic E-state index is 11.8. The number of nitrogens with zero attached hydrogens (tertiary/aromatic N) is 1. The van der Waals surface area contributed by atoms with E-state index < -0.39 is 0 Å². The van der Waals surface area contributed by atoms with E-state index in [2.05, 4.69) is 9.97 Å². The van der Waals surface area contributed by atoms with Crippen LogP contribution in [-0.4, -0.2) is 9.97 Å². The fraction of sp³-hybridized carbons (Fsp3) is 0.286. The molecule has 18 heavy (non-hydrogen) atoms. The number of aromatic nitrogens is 2. The Morgan fingerprint density at radius 3 is 2.67 bits per heavy atom. The standard InChI is InChI=1S/C14H15ClN2O/c1-3-11-9(2)16-13(17-14(11)18)8-10-6-4-5-7-12(10)15/h4-7H,3,8H2,1-2H3,(H,16,17,18). The summed E-state index contributed by atoms with van der Waals surface area (Å²) in [5, 5.41) is 0.692. The van der Waals surface area contributed by atoms with Gasteiger partial charge in [0, 0.05) is 22.7 Å². The minimum absolute atomic E-state index is 0.0490. The van der Waals surface area contributed by atoms with Gasteiger partial charge in [0.05, 0.1) is 0 Å². The Morgan fingerprint density at radius 2 is 2.06 bits per heavy atom. The topological polar surface area (TPSA) is 45.8 Å². The van der Waals surface area contributed by atoms with Crippen molar-refractivity contribution in [2.24, 2.45) is 0 Å². The van der Waals surface area contributed by atoms with E-state index in [1.54, 1.807) is 0 Å². The molecule has 0 aliphatic rings. The molecule has 2 aromatic rings. The third-order valence-corrected chi connectivity index (χ3v) is 3.31. The molecule has 3 nitrogen and oxygen atoms in total. The normalized spacial score (nSPS) is 10.6. The summed E-state index contributed by atoms with van der Waals surface area (Å²) in [6, 6.07) is 7.58. The monoisotopic (exact) mass is 262 g/mol. The number of hydrogen-bond acceptors (Lipinski definition) is 2. The molecule has 0 bridgehead atoms. The van der Waals surface area contributed by atoms with Crippen LogP contribution in [0.1, 0.15) is 29.6 Å². The summed E-state index contributed by atoms with van der Waals surface area (Å²) in [6.07, 6.45) is 1.24. The summed E-state index contributed by atoms with van der Waals surface area (Å²) in [6.45, 7) is 3.82.